The molecule has 1 unspecified atom stereocenters. The topological polar surface area (TPSA) is 148 Å². The summed E-state index contributed by atoms with van der Waals surface area (Å²) in [5.74, 6) is -0.810. The molecule has 0 saturated carbocycles. The van der Waals surface area contributed by atoms with Crippen LogP contribution in [-0.4, -0.2) is 71.1 Å². The number of benzene rings is 2. The number of hydrogen-bond acceptors (Lipinski definition) is 6. The van der Waals surface area contributed by atoms with Gasteiger partial charge in [-0.25, -0.2) is 0 Å². The summed E-state index contributed by atoms with van der Waals surface area (Å²) >= 11 is 0. The third-order valence-electron chi connectivity index (χ3n) is 7.75. The van der Waals surface area contributed by atoms with Crippen molar-refractivity contribution in [3.8, 4) is 11.8 Å². The van der Waals surface area contributed by atoms with Crippen molar-refractivity contribution in [1.82, 2.24) is 20.5 Å². The Kier molecular flexibility index (Phi) is 7.52. The number of nitrogens with one attached hydrogen (secondary N) is 3. The average molecular weight is 530 g/mol. The molecule has 2 saturated heterocycles. The van der Waals surface area contributed by atoms with E-state index in [1.807, 2.05) is 48.5 Å². The van der Waals surface area contributed by atoms with E-state index in [2.05, 4.69) is 15.6 Å². The van der Waals surface area contributed by atoms with Crippen LogP contribution in [0.25, 0.3) is 10.9 Å². The number of aliphatic hydroxyl groups is 1. The number of methoxy groups -OCH3 is 1. The van der Waals surface area contributed by atoms with Gasteiger partial charge >= 0.3 is 0 Å². The van der Waals surface area contributed by atoms with Gasteiger partial charge in [0.25, 0.3) is 5.91 Å². The lowest BCUT2D eigenvalue weighted by atomic mass is 9.94. The molecule has 10 heteroatoms. The Morgan fingerprint density at radius 2 is 2.03 bits per heavy atom. The van der Waals surface area contributed by atoms with Crippen molar-refractivity contribution in [1.29, 1.82) is 5.26 Å². The van der Waals surface area contributed by atoms with Gasteiger partial charge in [0, 0.05) is 35.8 Å². The number of likely N-dealkylation sites (tertiary alicyclic amines) is 1. The normalized spacial score (nSPS) is 22.2. The number of aromatic amines is 1. The molecule has 4 N–H and O–H groups in total. The summed E-state index contributed by atoms with van der Waals surface area (Å²) in [6, 6.07) is 16.9. The fourth-order valence-electron chi connectivity index (χ4n) is 5.66. The highest BCUT2D eigenvalue weighted by Crippen LogP contribution is 2.34. The Morgan fingerprint density at radius 1 is 1.23 bits per heavy atom. The van der Waals surface area contributed by atoms with Gasteiger partial charge in [-0.3, -0.25) is 14.4 Å². The lowest BCUT2D eigenvalue weighted by Crippen LogP contribution is -2.52. The number of carbonyl (C=O) groups is 3. The summed E-state index contributed by atoms with van der Waals surface area (Å²) < 4.78 is 5.43. The molecule has 3 heterocycles. The molecule has 0 bridgehead atoms. The fraction of sp³-hybridized carbons (Fsp3) is 0.379. The van der Waals surface area contributed by atoms with Crippen molar-refractivity contribution in [3.63, 3.8) is 0 Å². The first kappa shape index (κ1) is 26.3. The van der Waals surface area contributed by atoms with E-state index in [0.29, 0.717) is 37.4 Å². The first-order valence-electron chi connectivity index (χ1n) is 13.1. The van der Waals surface area contributed by atoms with Gasteiger partial charge in [-0.2, -0.15) is 5.26 Å². The number of nitriles is 1. The largest absolute Gasteiger partial charge is 0.496 e. The van der Waals surface area contributed by atoms with Crippen LogP contribution in [0.3, 0.4) is 0 Å². The Morgan fingerprint density at radius 3 is 2.72 bits per heavy atom. The highest BCUT2D eigenvalue weighted by Gasteiger charge is 2.42. The second-order valence-corrected chi connectivity index (χ2v) is 10.1. The van der Waals surface area contributed by atoms with E-state index >= 15 is 0 Å². The number of rotatable bonds is 8. The molecule has 10 nitrogen and oxygen atoms in total. The number of nitrogens with zero attached hydrogens (tertiary/aromatic N) is 2. The first-order valence-corrected chi connectivity index (χ1v) is 13.1. The summed E-state index contributed by atoms with van der Waals surface area (Å²) in [7, 11) is 1.57. The lowest BCUT2D eigenvalue weighted by Gasteiger charge is -2.27. The molecule has 1 aromatic heterocycles. The van der Waals surface area contributed by atoms with E-state index in [-0.39, 0.29) is 24.2 Å². The number of fused-ring (bicyclic) bond motifs is 1. The van der Waals surface area contributed by atoms with E-state index < -0.39 is 30.0 Å². The highest BCUT2D eigenvalue weighted by molar-refractivity contribution is 6.02. The molecule has 0 spiro atoms. The van der Waals surface area contributed by atoms with Gasteiger partial charge < -0.3 is 30.4 Å². The maximum absolute atomic E-state index is 13.8. The molecule has 0 radical (unpaired) electrons. The maximum Gasteiger partial charge on any atom is 0.271 e. The Bertz CT molecular complexity index is 1410. The van der Waals surface area contributed by atoms with Crippen LogP contribution < -0.4 is 15.4 Å². The standard InChI is InChI=1S/C29H31N5O5/c1-39-26-9-5-8-21-20(26)14-23(32-21)29(38)34-16-19(17-6-3-2-4-7-17)13-24(34)28(37)33-22(25(35)15-30)12-18-10-11-31-27(18)36/h2-9,14,18-19,22,24-25,32,35H,10-13,16H2,1H3,(H,31,36)(H,33,37)/t18-,19-,22-,24-,25?/m0/s1. The first-order chi connectivity index (χ1) is 18.9. The third-order valence-corrected chi connectivity index (χ3v) is 7.75. The van der Waals surface area contributed by atoms with Gasteiger partial charge in [0.1, 0.15) is 17.5 Å². The molecule has 2 aliphatic rings. The smallest absolute Gasteiger partial charge is 0.271 e. The van der Waals surface area contributed by atoms with E-state index in [9.17, 15) is 24.8 Å². The quantitative estimate of drug-likeness (QED) is 0.329. The second kappa shape index (κ2) is 11.2. The van der Waals surface area contributed by atoms with Crippen molar-refractivity contribution in [3.05, 3.63) is 65.9 Å². The van der Waals surface area contributed by atoms with Gasteiger partial charge in [0.05, 0.1) is 19.2 Å². The van der Waals surface area contributed by atoms with E-state index in [4.69, 9.17) is 4.74 Å². The fourth-order valence-corrected chi connectivity index (χ4v) is 5.66. The number of hydrogen-bond donors (Lipinski definition) is 4. The molecular weight excluding hydrogens is 498 g/mol. The van der Waals surface area contributed by atoms with Crippen LogP contribution in [0.2, 0.25) is 0 Å². The number of aliphatic hydroxyl groups excluding tert-OH is 1. The minimum atomic E-state index is -1.49. The highest BCUT2D eigenvalue weighted by atomic mass is 16.5. The van der Waals surface area contributed by atoms with Gasteiger partial charge in [-0.15, -0.1) is 0 Å². The predicted molar refractivity (Wildman–Crippen MR) is 143 cm³/mol. The molecule has 0 aliphatic carbocycles. The van der Waals surface area contributed by atoms with Crippen molar-refractivity contribution < 1.29 is 24.2 Å². The molecule has 3 aromatic rings. The van der Waals surface area contributed by atoms with Gasteiger partial charge in [0.2, 0.25) is 11.8 Å². The minimum absolute atomic E-state index is 0.0789. The van der Waals surface area contributed by atoms with Crippen LogP contribution in [0.15, 0.2) is 54.6 Å². The Labute approximate surface area is 225 Å². The summed E-state index contributed by atoms with van der Waals surface area (Å²) in [5, 5.41) is 26.0. The molecule has 2 fully saturated rings. The number of ether oxygens (including phenoxy) is 1. The van der Waals surface area contributed by atoms with Crippen LogP contribution in [0, 0.1) is 17.2 Å². The van der Waals surface area contributed by atoms with Gasteiger partial charge in [-0.05, 0) is 43.0 Å². The number of amides is 3. The molecule has 3 amide bonds. The second-order valence-electron chi connectivity index (χ2n) is 10.1. The van der Waals surface area contributed by atoms with E-state index in [1.54, 1.807) is 24.1 Å². The number of H-pyrrole nitrogens is 1. The zero-order valence-electron chi connectivity index (χ0n) is 21.6. The summed E-state index contributed by atoms with van der Waals surface area (Å²) in [6.07, 6.45) is -0.405. The van der Waals surface area contributed by atoms with Crippen LogP contribution in [0.5, 0.6) is 5.75 Å². The van der Waals surface area contributed by atoms with Crippen LogP contribution in [0.1, 0.15) is 41.2 Å². The Balaban J connectivity index is 1.42. The molecule has 39 heavy (non-hydrogen) atoms. The maximum atomic E-state index is 13.8. The van der Waals surface area contributed by atoms with E-state index in [1.165, 1.54) is 0 Å². The molecule has 202 valence electrons. The van der Waals surface area contributed by atoms with Gasteiger partial charge in [-0.1, -0.05) is 36.4 Å². The number of carbonyl (C=O) groups excluding carboxylic acids is 3. The van der Waals surface area contributed by atoms with Crippen molar-refractivity contribution in [2.24, 2.45) is 5.92 Å². The zero-order chi connectivity index (χ0) is 27.5. The SMILES string of the molecule is COc1cccc2[nH]c(C(=O)N3C[C@@H](c4ccccc4)C[C@H]3C(=O)N[C@@H](C[C@@H]3CCNC3=O)C(O)C#N)cc12. The number of aromatic nitrogens is 1. The van der Waals surface area contributed by atoms with Gasteiger partial charge in [0.15, 0.2) is 6.10 Å². The molecule has 2 aromatic carbocycles. The average Bonchev–Trinajstić information content (AvgIpc) is 3.70. The van der Waals surface area contributed by atoms with Crippen LogP contribution >= 0.6 is 0 Å². The molecule has 5 atom stereocenters. The van der Waals surface area contributed by atoms with Crippen molar-refractivity contribution in [2.75, 3.05) is 20.2 Å². The summed E-state index contributed by atoms with van der Waals surface area (Å²) in [4.78, 5) is 44.3. The van der Waals surface area contributed by atoms with Crippen LogP contribution in [0.4, 0.5) is 0 Å². The van der Waals surface area contributed by atoms with Crippen molar-refractivity contribution >= 4 is 28.6 Å². The monoisotopic (exact) mass is 529 g/mol. The lowest BCUT2D eigenvalue weighted by molar-refractivity contribution is -0.127. The van der Waals surface area contributed by atoms with Crippen LogP contribution in [-0.2, 0) is 9.59 Å². The summed E-state index contributed by atoms with van der Waals surface area (Å²) in [6.45, 7) is 0.843. The van der Waals surface area contributed by atoms with Crippen molar-refractivity contribution in [2.45, 2.75) is 43.4 Å². The molecule has 2 aliphatic heterocycles. The predicted octanol–water partition coefficient (Wildman–Crippen LogP) is 2.07. The van der Waals surface area contributed by atoms with E-state index in [0.717, 1.165) is 16.5 Å². The molecule has 5 rings (SSSR count). The minimum Gasteiger partial charge on any atom is -0.496 e. The third kappa shape index (κ3) is 5.31. The zero-order valence-corrected chi connectivity index (χ0v) is 21.6. The Hall–Kier alpha value is -4.36. The molecular formula is C29H31N5O5. The summed E-state index contributed by atoms with van der Waals surface area (Å²) in [5.41, 5.74) is 2.09.